The van der Waals surface area contributed by atoms with Crippen molar-refractivity contribution in [3.63, 3.8) is 0 Å². The number of hydrogen-bond donors (Lipinski definition) is 3. The summed E-state index contributed by atoms with van der Waals surface area (Å²) >= 11 is 0. The van der Waals surface area contributed by atoms with Gasteiger partial charge in [0.25, 0.3) is 5.91 Å². The van der Waals surface area contributed by atoms with Crippen LogP contribution in [0.15, 0.2) is 18.3 Å². The van der Waals surface area contributed by atoms with E-state index in [1.54, 1.807) is 4.90 Å². The number of methoxy groups -OCH3 is 1. The Morgan fingerprint density at radius 1 is 1.18 bits per heavy atom. The van der Waals surface area contributed by atoms with E-state index in [9.17, 15) is 32.3 Å². The second kappa shape index (κ2) is 9.51. The Morgan fingerprint density at radius 2 is 1.89 bits per heavy atom. The maximum Gasteiger partial charge on any atom is 0.417 e. The van der Waals surface area contributed by atoms with E-state index in [0.29, 0.717) is 25.1 Å². The average Bonchev–Trinajstić information content (AvgIpc) is 3.46. The standard InChI is InChI=1S/C25H29F4N5O4/c1-38-20-10-16(17(26)13-30-20)18-11-19(33-32-18)22(36)34-9-4-14(12-23(34)7-8-23)21(35)31-15-2-5-24(37,6-3-15)25(27,28)29/h10-11,13-15,37H,2-9,12H2,1H3,(H,31,35)(H,32,33)/t14-,15?,24?/m1/s1. The van der Waals surface area contributed by atoms with Gasteiger partial charge in [-0.2, -0.15) is 18.3 Å². The Labute approximate surface area is 215 Å². The lowest BCUT2D eigenvalue weighted by atomic mass is 9.81. The number of nitrogens with one attached hydrogen (secondary N) is 2. The molecular formula is C25H29F4N5O4. The van der Waals surface area contributed by atoms with Gasteiger partial charge < -0.3 is 20.1 Å². The molecule has 3 fully saturated rings. The summed E-state index contributed by atoms with van der Waals surface area (Å²) in [5.74, 6) is -1.29. The first-order valence-electron chi connectivity index (χ1n) is 12.6. The Kier molecular flexibility index (Phi) is 6.60. The van der Waals surface area contributed by atoms with Crippen LogP contribution in [0.4, 0.5) is 17.6 Å². The van der Waals surface area contributed by atoms with E-state index in [2.05, 4.69) is 20.5 Å². The summed E-state index contributed by atoms with van der Waals surface area (Å²) in [6.07, 6.45) is -2.12. The molecule has 2 amide bonds. The lowest BCUT2D eigenvalue weighted by Crippen LogP contribution is -2.54. The SMILES string of the molecule is COc1cc(-c2cc(C(=O)N3CC[C@@H](C(=O)NC4CCC(O)(C(F)(F)F)CC4)CC34CC4)n[nH]2)c(F)cn1. The number of halogens is 4. The van der Waals surface area contributed by atoms with E-state index in [0.717, 1.165) is 19.0 Å². The van der Waals surface area contributed by atoms with Crippen molar-refractivity contribution >= 4 is 11.8 Å². The van der Waals surface area contributed by atoms with Crippen LogP contribution in [0.1, 0.15) is 61.9 Å². The molecule has 38 heavy (non-hydrogen) atoms. The first kappa shape index (κ1) is 26.4. The number of alkyl halides is 3. The fraction of sp³-hybridized carbons (Fsp3) is 0.600. The molecule has 2 aromatic rings. The molecule has 0 radical (unpaired) electrons. The largest absolute Gasteiger partial charge is 0.481 e. The summed E-state index contributed by atoms with van der Waals surface area (Å²) in [4.78, 5) is 31.8. The highest BCUT2D eigenvalue weighted by molar-refractivity contribution is 5.94. The van der Waals surface area contributed by atoms with Crippen molar-refractivity contribution in [3.8, 4) is 17.1 Å². The monoisotopic (exact) mass is 539 g/mol. The predicted octanol–water partition coefficient (Wildman–Crippen LogP) is 3.36. The summed E-state index contributed by atoms with van der Waals surface area (Å²) in [5, 5.41) is 19.5. The average molecular weight is 540 g/mol. The Hall–Kier alpha value is -3.22. The minimum Gasteiger partial charge on any atom is -0.481 e. The van der Waals surface area contributed by atoms with Crippen molar-refractivity contribution in [2.45, 2.75) is 74.7 Å². The highest BCUT2D eigenvalue weighted by atomic mass is 19.4. The van der Waals surface area contributed by atoms with Gasteiger partial charge in [0.1, 0.15) is 0 Å². The van der Waals surface area contributed by atoms with Gasteiger partial charge in [-0.25, -0.2) is 9.37 Å². The third-order valence-electron chi connectivity index (χ3n) is 8.16. The van der Waals surface area contributed by atoms with Gasteiger partial charge in [0.05, 0.1) is 19.0 Å². The molecule has 9 nitrogen and oxygen atoms in total. The smallest absolute Gasteiger partial charge is 0.417 e. The Morgan fingerprint density at radius 3 is 2.53 bits per heavy atom. The van der Waals surface area contributed by atoms with Crippen LogP contribution in [-0.4, -0.2) is 74.0 Å². The second-order valence-electron chi connectivity index (χ2n) is 10.6. The lowest BCUT2D eigenvalue weighted by molar-refractivity contribution is -0.270. The molecule has 13 heteroatoms. The van der Waals surface area contributed by atoms with Crippen LogP contribution in [0, 0.1) is 11.7 Å². The van der Waals surface area contributed by atoms with Crippen LogP contribution in [0.2, 0.25) is 0 Å². The minimum absolute atomic E-state index is 0.0513. The van der Waals surface area contributed by atoms with Gasteiger partial charge in [0, 0.05) is 35.7 Å². The maximum atomic E-state index is 14.3. The molecule has 0 bridgehead atoms. The summed E-state index contributed by atoms with van der Waals surface area (Å²) < 4.78 is 58.5. The number of aromatic amines is 1. The zero-order valence-corrected chi connectivity index (χ0v) is 20.8. The number of likely N-dealkylation sites (tertiary alicyclic amines) is 1. The number of hydrogen-bond acceptors (Lipinski definition) is 6. The molecule has 1 aliphatic heterocycles. The molecule has 3 aliphatic rings. The first-order valence-corrected chi connectivity index (χ1v) is 12.6. The van der Waals surface area contributed by atoms with E-state index in [1.807, 2.05) is 0 Å². The Balaban J connectivity index is 1.20. The molecular weight excluding hydrogens is 510 g/mol. The number of pyridine rings is 1. The number of carbonyl (C=O) groups is 2. The quantitative estimate of drug-likeness (QED) is 0.502. The van der Waals surface area contributed by atoms with Gasteiger partial charge in [-0.05, 0) is 57.4 Å². The number of ether oxygens (including phenoxy) is 1. The Bertz CT molecular complexity index is 1220. The fourth-order valence-electron chi connectivity index (χ4n) is 5.64. The topological polar surface area (TPSA) is 120 Å². The first-order chi connectivity index (χ1) is 17.9. The highest BCUT2D eigenvalue weighted by Gasteiger charge is 2.56. The van der Waals surface area contributed by atoms with Crippen molar-refractivity contribution in [2.75, 3.05) is 13.7 Å². The molecule has 3 heterocycles. The molecule has 1 spiro atoms. The number of piperidine rings is 1. The number of carbonyl (C=O) groups excluding carboxylic acids is 2. The van der Waals surface area contributed by atoms with Gasteiger partial charge >= 0.3 is 6.18 Å². The molecule has 1 atom stereocenters. The molecule has 3 N–H and O–H groups in total. The van der Waals surface area contributed by atoms with Crippen LogP contribution in [-0.2, 0) is 4.79 Å². The number of rotatable bonds is 5. The number of amides is 2. The van der Waals surface area contributed by atoms with Crippen molar-refractivity contribution in [2.24, 2.45) is 5.92 Å². The molecule has 2 aliphatic carbocycles. The summed E-state index contributed by atoms with van der Waals surface area (Å²) in [7, 11) is 1.41. The molecule has 0 unspecified atom stereocenters. The van der Waals surface area contributed by atoms with Gasteiger partial charge in [0.15, 0.2) is 17.1 Å². The number of nitrogens with zero attached hydrogens (tertiary/aromatic N) is 3. The van der Waals surface area contributed by atoms with Crippen LogP contribution in [0.25, 0.3) is 11.3 Å². The van der Waals surface area contributed by atoms with Crippen LogP contribution >= 0.6 is 0 Å². The number of aliphatic hydroxyl groups is 1. The highest BCUT2D eigenvalue weighted by Crippen LogP contribution is 2.50. The number of aromatic nitrogens is 3. The lowest BCUT2D eigenvalue weighted by Gasteiger charge is -2.41. The van der Waals surface area contributed by atoms with E-state index < -0.39 is 42.0 Å². The van der Waals surface area contributed by atoms with E-state index in [-0.39, 0.29) is 47.7 Å². The van der Waals surface area contributed by atoms with Crippen molar-refractivity contribution < 1.29 is 37.0 Å². The normalized spacial score (nSPS) is 26.7. The van der Waals surface area contributed by atoms with Crippen LogP contribution < -0.4 is 10.1 Å². The molecule has 1 saturated heterocycles. The predicted molar refractivity (Wildman–Crippen MR) is 125 cm³/mol. The van der Waals surface area contributed by atoms with Gasteiger partial charge in [-0.15, -0.1) is 0 Å². The van der Waals surface area contributed by atoms with E-state index in [1.165, 1.54) is 19.2 Å². The second-order valence-corrected chi connectivity index (χ2v) is 10.6. The third-order valence-corrected chi connectivity index (χ3v) is 8.16. The molecule has 2 saturated carbocycles. The van der Waals surface area contributed by atoms with Gasteiger partial charge in [0.2, 0.25) is 11.8 Å². The number of H-pyrrole nitrogens is 1. The summed E-state index contributed by atoms with van der Waals surface area (Å²) in [6, 6.07) is 2.45. The zero-order valence-electron chi connectivity index (χ0n) is 20.8. The van der Waals surface area contributed by atoms with Crippen molar-refractivity contribution in [1.29, 1.82) is 0 Å². The van der Waals surface area contributed by atoms with Crippen molar-refractivity contribution in [3.05, 3.63) is 29.8 Å². The van der Waals surface area contributed by atoms with Crippen LogP contribution in [0.3, 0.4) is 0 Å². The molecule has 206 valence electrons. The van der Waals surface area contributed by atoms with Gasteiger partial charge in [-0.3, -0.25) is 14.7 Å². The van der Waals surface area contributed by atoms with E-state index in [4.69, 9.17) is 4.74 Å². The maximum absolute atomic E-state index is 14.3. The summed E-state index contributed by atoms with van der Waals surface area (Å²) in [6.45, 7) is 0.328. The van der Waals surface area contributed by atoms with Crippen molar-refractivity contribution in [1.82, 2.24) is 25.4 Å². The van der Waals surface area contributed by atoms with Gasteiger partial charge in [-0.1, -0.05) is 0 Å². The fourth-order valence-corrected chi connectivity index (χ4v) is 5.64. The van der Waals surface area contributed by atoms with Crippen LogP contribution in [0.5, 0.6) is 5.88 Å². The third kappa shape index (κ3) is 4.83. The summed E-state index contributed by atoms with van der Waals surface area (Å²) in [5.41, 5.74) is -2.57. The molecule has 0 aromatic carbocycles. The zero-order chi connectivity index (χ0) is 27.3. The minimum atomic E-state index is -4.69. The molecule has 5 rings (SSSR count). The van der Waals surface area contributed by atoms with E-state index >= 15 is 0 Å². The molecule has 2 aromatic heterocycles.